The SMILES string of the molecule is CNC(=O)NC(=O)COc1ccc(C(=O)c2ccc(F)cc2)cc1. The molecule has 7 heteroatoms. The van der Waals surface area contributed by atoms with Gasteiger partial charge >= 0.3 is 6.03 Å². The number of ketones is 1. The third-order valence-corrected chi connectivity index (χ3v) is 3.07. The van der Waals surface area contributed by atoms with Crippen molar-refractivity contribution in [2.45, 2.75) is 0 Å². The van der Waals surface area contributed by atoms with Crippen molar-refractivity contribution in [2.24, 2.45) is 0 Å². The Morgan fingerprint density at radius 1 is 0.958 bits per heavy atom. The van der Waals surface area contributed by atoms with Crippen molar-refractivity contribution in [3.05, 3.63) is 65.5 Å². The Morgan fingerprint density at radius 3 is 2.04 bits per heavy atom. The third-order valence-electron chi connectivity index (χ3n) is 3.07. The molecule has 24 heavy (non-hydrogen) atoms. The van der Waals surface area contributed by atoms with Crippen LogP contribution in [0.1, 0.15) is 15.9 Å². The number of ether oxygens (including phenoxy) is 1. The summed E-state index contributed by atoms with van der Waals surface area (Å²) in [5, 5.41) is 4.30. The van der Waals surface area contributed by atoms with Crippen molar-refractivity contribution >= 4 is 17.7 Å². The molecule has 0 aliphatic heterocycles. The fourth-order valence-electron chi connectivity index (χ4n) is 1.84. The molecule has 2 aromatic carbocycles. The smallest absolute Gasteiger partial charge is 0.321 e. The first kappa shape index (κ1) is 17.1. The summed E-state index contributed by atoms with van der Waals surface area (Å²) in [6.45, 7) is -0.335. The van der Waals surface area contributed by atoms with Crippen molar-refractivity contribution in [1.29, 1.82) is 0 Å². The topological polar surface area (TPSA) is 84.5 Å². The van der Waals surface area contributed by atoms with Crippen LogP contribution in [0.15, 0.2) is 48.5 Å². The third kappa shape index (κ3) is 4.64. The van der Waals surface area contributed by atoms with E-state index in [1.165, 1.54) is 55.6 Å². The molecule has 0 atom stereocenters. The molecular formula is C17H15FN2O4. The Balaban J connectivity index is 1.95. The first-order valence-corrected chi connectivity index (χ1v) is 7.04. The zero-order chi connectivity index (χ0) is 17.5. The van der Waals surface area contributed by atoms with Gasteiger partial charge in [-0.1, -0.05) is 0 Å². The van der Waals surface area contributed by atoms with Crippen LogP contribution in [0.5, 0.6) is 5.75 Å². The predicted molar refractivity (Wildman–Crippen MR) is 84.4 cm³/mol. The van der Waals surface area contributed by atoms with Crippen molar-refractivity contribution in [3.8, 4) is 5.75 Å². The molecule has 3 amide bonds. The number of imide groups is 1. The van der Waals surface area contributed by atoms with Gasteiger partial charge in [-0.05, 0) is 48.5 Å². The molecule has 0 bridgehead atoms. The summed E-state index contributed by atoms with van der Waals surface area (Å²) in [5.41, 5.74) is 0.777. The second-order valence-electron chi connectivity index (χ2n) is 4.78. The molecular weight excluding hydrogens is 315 g/mol. The molecule has 2 rings (SSSR count). The maximum Gasteiger partial charge on any atom is 0.321 e. The molecule has 2 N–H and O–H groups in total. The van der Waals surface area contributed by atoms with E-state index in [9.17, 15) is 18.8 Å². The number of nitrogens with one attached hydrogen (secondary N) is 2. The van der Waals surface area contributed by atoms with E-state index in [0.717, 1.165) is 0 Å². The summed E-state index contributed by atoms with van der Waals surface area (Å²) in [6, 6.07) is 10.8. The summed E-state index contributed by atoms with van der Waals surface area (Å²) < 4.78 is 18.1. The zero-order valence-corrected chi connectivity index (χ0v) is 12.8. The highest BCUT2D eigenvalue weighted by atomic mass is 19.1. The quantitative estimate of drug-likeness (QED) is 0.820. The number of amides is 3. The van der Waals surface area contributed by atoms with Crippen molar-refractivity contribution < 1.29 is 23.5 Å². The molecule has 0 saturated heterocycles. The summed E-state index contributed by atoms with van der Waals surface area (Å²) in [4.78, 5) is 34.6. The fraction of sp³-hybridized carbons (Fsp3) is 0.118. The highest BCUT2D eigenvalue weighted by Gasteiger charge is 2.10. The first-order chi connectivity index (χ1) is 11.5. The number of benzene rings is 2. The van der Waals surface area contributed by atoms with Crippen LogP contribution >= 0.6 is 0 Å². The molecule has 6 nitrogen and oxygen atoms in total. The van der Waals surface area contributed by atoms with E-state index >= 15 is 0 Å². The maximum absolute atomic E-state index is 12.9. The summed E-state index contributed by atoms with van der Waals surface area (Å²) in [6.07, 6.45) is 0. The standard InChI is InChI=1S/C17H15FN2O4/c1-19-17(23)20-15(21)10-24-14-8-4-12(5-9-14)16(22)11-2-6-13(18)7-3-11/h2-9H,10H2,1H3,(H2,19,20,21,23). The zero-order valence-electron chi connectivity index (χ0n) is 12.8. The minimum Gasteiger partial charge on any atom is -0.484 e. The molecule has 2 aromatic rings. The van der Waals surface area contributed by atoms with Crippen LogP contribution in [-0.2, 0) is 4.79 Å². The van der Waals surface area contributed by atoms with Crippen LogP contribution < -0.4 is 15.4 Å². The molecule has 0 unspecified atom stereocenters. The monoisotopic (exact) mass is 330 g/mol. The van der Waals surface area contributed by atoms with Crippen LogP contribution in [0.4, 0.5) is 9.18 Å². The van der Waals surface area contributed by atoms with Crippen LogP contribution in [0.3, 0.4) is 0 Å². The van der Waals surface area contributed by atoms with Gasteiger partial charge in [0.2, 0.25) is 0 Å². The average molecular weight is 330 g/mol. The minimum atomic E-state index is -0.621. The fourth-order valence-corrected chi connectivity index (χ4v) is 1.84. The van der Waals surface area contributed by atoms with E-state index in [0.29, 0.717) is 16.9 Å². The maximum atomic E-state index is 12.9. The van der Waals surface area contributed by atoms with Crippen LogP contribution in [0, 0.1) is 5.82 Å². The largest absolute Gasteiger partial charge is 0.484 e. The molecule has 0 aliphatic carbocycles. The number of halogens is 1. The first-order valence-electron chi connectivity index (χ1n) is 7.04. The van der Waals surface area contributed by atoms with E-state index < -0.39 is 17.8 Å². The summed E-state index contributed by atoms with van der Waals surface area (Å²) >= 11 is 0. The number of rotatable bonds is 5. The second-order valence-corrected chi connectivity index (χ2v) is 4.78. The number of hydrogen-bond acceptors (Lipinski definition) is 4. The van der Waals surface area contributed by atoms with Crippen molar-refractivity contribution in [1.82, 2.24) is 10.6 Å². The van der Waals surface area contributed by atoms with E-state index in [1.54, 1.807) is 0 Å². The Kier molecular flexibility index (Phi) is 5.62. The lowest BCUT2D eigenvalue weighted by Crippen LogP contribution is -2.39. The van der Waals surface area contributed by atoms with Crippen LogP contribution in [0.2, 0.25) is 0 Å². The normalized spacial score (nSPS) is 9.92. The lowest BCUT2D eigenvalue weighted by atomic mass is 10.0. The van der Waals surface area contributed by atoms with Crippen LogP contribution in [0.25, 0.3) is 0 Å². The van der Waals surface area contributed by atoms with Gasteiger partial charge in [0, 0.05) is 18.2 Å². The molecule has 0 aromatic heterocycles. The molecule has 0 heterocycles. The lowest BCUT2D eigenvalue weighted by molar-refractivity contribution is -0.122. The van der Waals surface area contributed by atoms with Crippen molar-refractivity contribution in [3.63, 3.8) is 0 Å². The minimum absolute atomic E-state index is 0.251. The second kappa shape index (κ2) is 7.87. The van der Waals surface area contributed by atoms with Crippen molar-refractivity contribution in [2.75, 3.05) is 13.7 Å². The van der Waals surface area contributed by atoms with Gasteiger partial charge in [0.25, 0.3) is 5.91 Å². The Hall–Kier alpha value is -3.22. The Morgan fingerprint density at radius 2 is 1.50 bits per heavy atom. The van der Waals surface area contributed by atoms with Gasteiger partial charge in [-0.3, -0.25) is 14.9 Å². The van der Waals surface area contributed by atoms with E-state index in [4.69, 9.17) is 4.74 Å². The number of hydrogen-bond donors (Lipinski definition) is 2. The summed E-state index contributed by atoms with van der Waals surface area (Å²) in [7, 11) is 1.39. The van der Waals surface area contributed by atoms with Gasteiger partial charge in [-0.2, -0.15) is 0 Å². The molecule has 0 spiro atoms. The molecule has 0 saturated carbocycles. The van der Waals surface area contributed by atoms with Crippen LogP contribution in [-0.4, -0.2) is 31.4 Å². The average Bonchev–Trinajstić information content (AvgIpc) is 2.60. The van der Waals surface area contributed by atoms with Gasteiger partial charge in [-0.15, -0.1) is 0 Å². The van der Waals surface area contributed by atoms with E-state index in [-0.39, 0.29) is 12.4 Å². The van der Waals surface area contributed by atoms with E-state index in [2.05, 4.69) is 10.6 Å². The summed E-state index contributed by atoms with van der Waals surface area (Å²) in [5.74, 6) is -0.886. The van der Waals surface area contributed by atoms with Gasteiger partial charge in [0.05, 0.1) is 0 Å². The molecule has 0 fully saturated rings. The number of carbonyl (C=O) groups is 3. The highest BCUT2D eigenvalue weighted by molar-refractivity contribution is 6.09. The van der Waals surface area contributed by atoms with Gasteiger partial charge in [-0.25, -0.2) is 9.18 Å². The molecule has 0 radical (unpaired) electrons. The molecule has 0 aliphatic rings. The van der Waals surface area contributed by atoms with Gasteiger partial charge in [0.1, 0.15) is 11.6 Å². The predicted octanol–water partition coefficient (Wildman–Crippen LogP) is 1.89. The van der Waals surface area contributed by atoms with E-state index in [1.807, 2.05) is 0 Å². The van der Waals surface area contributed by atoms with Gasteiger partial charge in [0.15, 0.2) is 12.4 Å². The van der Waals surface area contributed by atoms with Gasteiger partial charge < -0.3 is 10.1 Å². The Labute approximate surface area is 137 Å². The Bertz CT molecular complexity index is 742. The lowest BCUT2D eigenvalue weighted by Gasteiger charge is -2.07. The number of carbonyl (C=O) groups excluding carboxylic acids is 3. The highest BCUT2D eigenvalue weighted by Crippen LogP contribution is 2.15. The molecule has 124 valence electrons. The number of urea groups is 1.